The van der Waals surface area contributed by atoms with Crippen molar-refractivity contribution in [3.05, 3.63) is 101 Å². The van der Waals surface area contributed by atoms with Crippen LogP contribution in [-0.4, -0.2) is 34.8 Å². The number of likely N-dealkylation sites (tertiary alicyclic amines) is 1. The Balaban J connectivity index is 1.26. The highest BCUT2D eigenvalue weighted by Gasteiger charge is 2.49. The molecule has 2 amide bonds. The van der Waals surface area contributed by atoms with Gasteiger partial charge in [0.25, 0.3) is 5.91 Å². The third kappa shape index (κ3) is 4.43. The van der Waals surface area contributed by atoms with Crippen LogP contribution in [0.15, 0.2) is 73.1 Å². The Hall–Kier alpha value is -3.58. The number of amides is 2. The molecule has 2 aliphatic rings. The number of halogens is 1. The topological polar surface area (TPSA) is 71.5 Å². The summed E-state index contributed by atoms with van der Waals surface area (Å²) in [6.07, 6.45) is 4.10. The van der Waals surface area contributed by atoms with E-state index < -0.39 is 11.7 Å². The van der Waals surface area contributed by atoms with E-state index in [9.17, 15) is 14.0 Å². The van der Waals surface area contributed by atoms with E-state index in [1.54, 1.807) is 29.4 Å². The molecule has 174 valence electrons. The molecule has 1 aromatic heterocycles. The van der Waals surface area contributed by atoms with Crippen molar-refractivity contribution < 1.29 is 18.7 Å². The molecule has 0 bridgehead atoms. The number of carbonyl (C=O) groups is 2. The molecule has 0 unspecified atom stereocenters. The number of ether oxygens (including phenoxy) is 1. The molecule has 0 saturated carbocycles. The summed E-state index contributed by atoms with van der Waals surface area (Å²) in [5.41, 5.74) is 2.89. The summed E-state index contributed by atoms with van der Waals surface area (Å²) in [6, 6.07) is 17.7. The Kier molecular flexibility index (Phi) is 6.11. The van der Waals surface area contributed by atoms with Gasteiger partial charge in [0, 0.05) is 32.0 Å². The van der Waals surface area contributed by atoms with Gasteiger partial charge in [0.2, 0.25) is 5.91 Å². The Morgan fingerprint density at radius 2 is 1.85 bits per heavy atom. The van der Waals surface area contributed by atoms with E-state index in [0.717, 1.165) is 16.7 Å². The maximum atomic E-state index is 13.5. The number of piperidine rings is 1. The number of pyridine rings is 1. The number of nitrogens with zero attached hydrogens (tertiary/aromatic N) is 2. The van der Waals surface area contributed by atoms with E-state index in [4.69, 9.17) is 4.74 Å². The molecule has 7 heteroatoms. The smallest absolute Gasteiger partial charge is 0.254 e. The number of carbonyl (C=O) groups excluding carboxylic acids is 2. The van der Waals surface area contributed by atoms with Crippen molar-refractivity contribution in [3.63, 3.8) is 0 Å². The first kappa shape index (κ1) is 22.2. The van der Waals surface area contributed by atoms with Crippen molar-refractivity contribution in [1.29, 1.82) is 0 Å². The summed E-state index contributed by atoms with van der Waals surface area (Å²) in [4.78, 5) is 31.8. The van der Waals surface area contributed by atoms with Gasteiger partial charge in [-0.2, -0.15) is 0 Å². The molecule has 6 nitrogen and oxygen atoms in total. The standard InChI is InChI=1S/C27H26FN3O3/c28-21-7-3-5-19(15-21)16-24(32)31-13-10-27(11-14-31)23-9-2-1-8-22(23)25(34-27)26(33)30-18-20-6-4-12-29-17-20/h1-9,12,15,17,25H,10-11,13-14,16,18H2,(H,30,33)/t25-/m1/s1. The molecule has 1 fully saturated rings. The SMILES string of the molecule is O=C(NCc1cccnc1)[C@@H]1OC2(CCN(C(=O)Cc3cccc(F)c3)CC2)c2ccccc21. The van der Waals surface area contributed by atoms with Gasteiger partial charge in [-0.15, -0.1) is 0 Å². The molecule has 34 heavy (non-hydrogen) atoms. The van der Waals surface area contributed by atoms with Gasteiger partial charge in [0.15, 0.2) is 6.10 Å². The molecule has 1 N–H and O–H groups in total. The molecule has 3 aromatic rings. The lowest BCUT2D eigenvalue weighted by molar-refractivity contribution is -0.155. The monoisotopic (exact) mass is 459 g/mol. The molecule has 1 saturated heterocycles. The van der Waals surface area contributed by atoms with Gasteiger partial charge < -0.3 is 15.0 Å². The fourth-order valence-corrected chi connectivity index (χ4v) is 4.91. The van der Waals surface area contributed by atoms with Gasteiger partial charge in [-0.1, -0.05) is 42.5 Å². The number of hydrogen-bond acceptors (Lipinski definition) is 4. The minimum Gasteiger partial charge on any atom is -0.352 e. The van der Waals surface area contributed by atoms with E-state index >= 15 is 0 Å². The minimum atomic E-state index is -0.692. The Labute approximate surface area is 197 Å². The Bertz CT molecular complexity index is 1190. The van der Waals surface area contributed by atoms with Crippen molar-refractivity contribution >= 4 is 11.8 Å². The molecule has 3 heterocycles. The molecule has 0 aliphatic carbocycles. The molecular weight excluding hydrogens is 433 g/mol. The van der Waals surface area contributed by atoms with Gasteiger partial charge in [-0.25, -0.2) is 4.39 Å². The fraction of sp³-hybridized carbons (Fsp3) is 0.296. The third-order valence-electron chi connectivity index (χ3n) is 6.67. The summed E-state index contributed by atoms with van der Waals surface area (Å²) in [7, 11) is 0. The van der Waals surface area contributed by atoms with Crippen molar-refractivity contribution in [1.82, 2.24) is 15.2 Å². The first-order valence-corrected chi connectivity index (χ1v) is 11.5. The predicted octanol–water partition coefficient (Wildman–Crippen LogP) is 3.67. The molecule has 5 rings (SSSR count). The average Bonchev–Trinajstić information content (AvgIpc) is 3.18. The lowest BCUT2D eigenvalue weighted by Crippen LogP contribution is -2.46. The van der Waals surface area contributed by atoms with Crippen molar-refractivity contribution in [2.45, 2.75) is 37.5 Å². The van der Waals surface area contributed by atoms with E-state index in [1.165, 1.54) is 12.1 Å². The molecule has 0 radical (unpaired) electrons. The third-order valence-corrected chi connectivity index (χ3v) is 6.67. The van der Waals surface area contributed by atoms with Crippen molar-refractivity contribution in [3.8, 4) is 0 Å². The second-order valence-electron chi connectivity index (χ2n) is 8.85. The number of rotatable bonds is 5. The quantitative estimate of drug-likeness (QED) is 0.632. The van der Waals surface area contributed by atoms with Crippen LogP contribution in [0.4, 0.5) is 4.39 Å². The highest BCUT2D eigenvalue weighted by molar-refractivity contribution is 5.84. The maximum Gasteiger partial charge on any atom is 0.254 e. The largest absolute Gasteiger partial charge is 0.352 e. The highest BCUT2D eigenvalue weighted by atomic mass is 19.1. The number of benzene rings is 2. The van der Waals surface area contributed by atoms with Gasteiger partial charge in [0.1, 0.15) is 5.82 Å². The highest BCUT2D eigenvalue weighted by Crippen LogP contribution is 2.49. The average molecular weight is 460 g/mol. The van der Waals surface area contributed by atoms with Crippen molar-refractivity contribution in [2.24, 2.45) is 0 Å². The normalized spacial score (nSPS) is 18.5. The van der Waals surface area contributed by atoms with Crippen LogP contribution in [0.5, 0.6) is 0 Å². The zero-order chi connectivity index (χ0) is 23.5. The molecular formula is C27H26FN3O3. The second-order valence-corrected chi connectivity index (χ2v) is 8.85. The molecule has 1 atom stereocenters. The number of fused-ring (bicyclic) bond motifs is 2. The fourth-order valence-electron chi connectivity index (χ4n) is 4.91. The zero-order valence-corrected chi connectivity index (χ0v) is 18.7. The molecule has 2 aliphatic heterocycles. The second kappa shape index (κ2) is 9.35. The summed E-state index contributed by atoms with van der Waals surface area (Å²) in [5.74, 6) is -0.554. The van der Waals surface area contributed by atoms with Crippen LogP contribution in [0.1, 0.15) is 41.2 Å². The van der Waals surface area contributed by atoms with Crippen LogP contribution in [0.2, 0.25) is 0 Å². The maximum absolute atomic E-state index is 13.5. The van der Waals surface area contributed by atoms with Crippen LogP contribution in [0.25, 0.3) is 0 Å². The minimum absolute atomic E-state index is 0.0301. The summed E-state index contributed by atoms with van der Waals surface area (Å²) >= 11 is 0. The van der Waals surface area contributed by atoms with E-state index in [1.807, 2.05) is 36.4 Å². The first-order chi connectivity index (χ1) is 16.5. The van der Waals surface area contributed by atoms with E-state index in [0.29, 0.717) is 38.0 Å². The zero-order valence-electron chi connectivity index (χ0n) is 18.7. The molecule has 1 spiro atoms. The van der Waals surface area contributed by atoms with E-state index in [-0.39, 0.29) is 24.1 Å². The first-order valence-electron chi connectivity index (χ1n) is 11.5. The van der Waals surface area contributed by atoms with Crippen LogP contribution >= 0.6 is 0 Å². The van der Waals surface area contributed by atoms with Gasteiger partial charge in [-0.05, 0) is 53.3 Å². The summed E-state index contributed by atoms with van der Waals surface area (Å²) in [5, 5.41) is 2.96. The number of hydrogen-bond donors (Lipinski definition) is 1. The van der Waals surface area contributed by atoms with E-state index in [2.05, 4.69) is 10.3 Å². The lowest BCUT2D eigenvalue weighted by Gasteiger charge is -2.39. The van der Waals surface area contributed by atoms with Gasteiger partial charge >= 0.3 is 0 Å². The van der Waals surface area contributed by atoms with Crippen molar-refractivity contribution in [2.75, 3.05) is 13.1 Å². The Morgan fingerprint density at radius 3 is 2.62 bits per heavy atom. The van der Waals surface area contributed by atoms with Gasteiger partial charge in [-0.3, -0.25) is 14.6 Å². The number of nitrogens with one attached hydrogen (secondary N) is 1. The lowest BCUT2D eigenvalue weighted by atomic mass is 9.83. The summed E-state index contributed by atoms with van der Waals surface area (Å²) in [6.45, 7) is 1.42. The number of aromatic nitrogens is 1. The van der Waals surface area contributed by atoms with Gasteiger partial charge in [0.05, 0.1) is 12.0 Å². The van der Waals surface area contributed by atoms with Crippen LogP contribution in [0, 0.1) is 5.82 Å². The van der Waals surface area contributed by atoms with Crippen LogP contribution in [0.3, 0.4) is 0 Å². The Morgan fingerprint density at radius 1 is 1.06 bits per heavy atom. The van der Waals surface area contributed by atoms with Crippen LogP contribution in [-0.2, 0) is 32.9 Å². The summed E-state index contributed by atoms with van der Waals surface area (Å²) < 4.78 is 19.9. The molecule has 2 aromatic carbocycles. The van der Waals surface area contributed by atoms with Crippen LogP contribution < -0.4 is 5.32 Å². The predicted molar refractivity (Wildman–Crippen MR) is 124 cm³/mol.